The van der Waals surface area contributed by atoms with Crippen LogP contribution in [0.4, 0.5) is 8.78 Å². The molecule has 0 bridgehead atoms. The summed E-state index contributed by atoms with van der Waals surface area (Å²) in [5, 5.41) is 0.0300. The molecule has 1 aromatic carbocycles. The van der Waals surface area contributed by atoms with Crippen LogP contribution in [-0.4, -0.2) is 12.7 Å². The summed E-state index contributed by atoms with van der Waals surface area (Å²) in [6.45, 7) is 0.316. The van der Waals surface area contributed by atoms with Crippen molar-refractivity contribution in [1.29, 1.82) is 0 Å². The van der Waals surface area contributed by atoms with Gasteiger partial charge in [0.15, 0.2) is 0 Å². The van der Waals surface area contributed by atoms with Crippen LogP contribution in [0.3, 0.4) is 0 Å². The zero-order chi connectivity index (χ0) is 10.6. The molecule has 1 atom stereocenters. The second-order valence-corrected chi connectivity index (χ2v) is 3.53. The van der Waals surface area contributed by atoms with E-state index < -0.39 is 12.0 Å². The van der Waals surface area contributed by atoms with E-state index in [9.17, 15) is 8.78 Å². The molecule has 0 saturated heterocycles. The average Bonchev–Trinajstić information content (AvgIpc) is 2.12. The number of hydrogen-bond donors (Lipinski definition) is 1. The first-order chi connectivity index (χ1) is 6.63. The Kier molecular flexibility index (Phi) is 4.29. The average molecular weight is 220 g/mol. The van der Waals surface area contributed by atoms with Crippen molar-refractivity contribution in [2.24, 2.45) is 5.73 Å². The Morgan fingerprint density at radius 3 is 2.71 bits per heavy atom. The molecule has 0 fully saturated rings. The van der Waals surface area contributed by atoms with E-state index in [2.05, 4.69) is 0 Å². The second kappa shape index (κ2) is 5.27. The highest BCUT2D eigenvalue weighted by Crippen LogP contribution is 2.18. The summed E-state index contributed by atoms with van der Waals surface area (Å²) in [5.41, 5.74) is 5.90. The van der Waals surface area contributed by atoms with Crippen LogP contribution < -0.4 is 5.73 Å². The highest BCUT2D eigenvalue weighted by atomic mass is 35.5. The van der Waals surface area contributed by atoms with Gasteiger partial charge in [-0.05, 0) is 30.7 Å². The van der Waals surface area contributed by atoms with Crippen LogP contribution >= 0.6 is 11.6 Å². The third kappa shape index (κ3) is 3.24. The Labute approximate surface area is 86.9 Å². The van der Waals surface area contributed by atoms with E-state index in [0.29, 0.717) is 18.5 Å². The predicted molar refractivity (Wildman–Crippen MR) is 53.7 cm³/mol. The maximum absolute atomic E-state index is 13.1. The van der Waals surface area contributed by atoms with Crippen LogP contribution in [0.15, 0.2) is 18.2 Å². The van der Waals surface area contributed by atoms with Gasteiger partial charge in [-0.1, -0.05) is 17.7 Å². The molecular formula is C10H12ClF2N. The number of alkyl halides is 1. The van der Waals surface area contributed by atoms with Crippen LogP contribution in [0, 0.1) is 5.82 Å². The molecule has 0 aliphatic heterocycles. The summed E-state index contributed by atoms with van der Waals surface area (Å²) in [6, 6.07) is 4.22. The van der Waals surface area contributed by atoms with E-state index in [0.717, 1.165) is 0 Å². The summed E-state index contributed by atoms with van der Waals surface area (Å²) in [7, 11) is 0. The van der Waals surface area contributed by atoms with E-state index in [4.69, 9.17) is 17.3 Å². The molecule has 0 radical (unpaired) electrons. The first kappa shape index (κ1) is 11.4. The summed E-state index contributed by atoms with van der Waals surface area (Å²) < 4.78 is 25.8. The molecule has 0 spiro atoms. The molecule has 0 heterocycles. The van der Waals surface area contributed by atoms with E-state index in [1.165, 1.54) is 18.2 Å². The predicted octanol–water partition coefficient (Wildman–Crippen LogP) is 2.71. The van der Waals surface area contributed by atoms with Gasteiger partial charge < -0.3 is 5.73 Å². The van der Waals surface area contributed by atoms with Crippen molar-refractivity contribution in [1.82, 2.24) is 0 Å². The molecule has 14 heavy (non-hydrogen) atoms. The van der Waals surface area contributed by atoms with Crippen molar-refractivity contribution in [3.05, 3.63) is 34.6 Å². The van der Waals surface area contributed by atoms with Crippen LogP contribution in [0.1, 0.15) is 12.0 Å². The smallest absolute Gasteiger partial charge is 0.141 e. The van der Waals surface area contributed by atoms with Crippen LogP contribution in [0.5, 0.6) is 0 Å². The molecular weight excluding hydrogens is 208 g/mol. The van der Waals surface area contributed by atoms with Gasteiger partial charge >= 0.3 is 0 Å². The number of benzene rings is 1. The minimum absolute atomic E-state index is 0.0300. The van der Waals surface area contributed by atoms with Crippen LogP contribution in [-0.2, 0) is 6.42 Å². The third-order valence-corrected chi connectivity index (χ3v) is 2.21. The van der Waals surface area contributed by atoms with E-state index in [-0.39, 0.29) is 11.4 Å². The Morgan fingerprint density at radius 1 is 1.43 bits per heavy atom. The number of halogens is 3. The van der Waals surface area contributed by atoms with Gasteiger partial charge in [-0.3, -0.25) is 0 Å². The Bertz CT molecular complexity index is 304. The molecule has 0 aliphatic rings. The lowest BCUT2D eigenvalue weighted by molar-refractivity contribution is 0.316. The Balaban J connectivity index is 2.63. The zero-order valence-electron chi connectivity index (χ0n) is 7.64. The maximum Gasteiger partial charge on any atom is 0.141 e. The van der Waals surface area contributed by atoms with Crippen LogP contribution in [0.25, 0.3) is 0 Å². The van der Waals surface area contributed by atoms with Gasteiger partial charge in [-0.15, -0.1) is 0 Å². The minimum atomic E-state index is -0.985. The molecule has 0 amide bonds. The van der Waals surface area contributed by atoms with Crippen molar-refractivity contribution in [2.45, 2.75) is 19.0 Å². The zero-order valence-corrected chi connectivity index (χ0v) is 8.40. The van der Waals surface area contributed by atoms with Crippen LogP contribution in [0.2, 0.25) is 5.02 Å². The lowest BCUT2D eigenvalue weighted by Crippen LogP contribution is -2.11. The van der Waals surface area contributed by atoms with Gasteiger partial charge in [0.05, 0.1) is 5.02 Å². The standard InChI is InChI=1S/C10H12ClF2N/c11-9-6-7(1-2-10(9)13)5-8(12)3-4-14/h1-2,6,8H,3-5,14H2. The summed E-state index contributed by atoms with van der Waals surface area (Å²) in [4.78, 5) is 0. The first-order valence-electron chi connectivity index (χ1n) is 4.41. The highest BCUT2D eigenvalue weighted by Gasteiger charge is 2.08. The fourth-order valence-electron chi connectivity index (χ4n) is 1.21. The molecule has 0 saturated carbocycles. The summed E-state index contributed by atoms with van der Waals surface area (Å²) in [6.07, 6.45) is -0.437. The Morgan fingerprint density at radius 2 is 2.14 bits per heavy atom. The lowest BCUT2D eigenvalue weighted by Gasteiger charge is -2.06. The molecule has 1 nitrogen and oxygen atoms in total. The molecule has 0 aromatic heterocycles. The van der Waals surface area contributed by atoms with Gasteiger partial charge in [0.1, 0.15) is 12.0 Å². The second-order valence-electron chi connectivity index (χ2n) is 3.13. The van der Waals surface area contributed by atoms with Crippen molar-refractivity contribution in [3.63, 3.8) is 0 Å². The lowest BCUT2D eigenvalue weighted by atomic mass is 10.1. The van der Waals surface area contributed by atoms with Crippen molar-refractivity contribution in [3.8, 4) is 0 Å². The first-order valence-corrected chi connectivity index (χ1v) is 4.79. The largest absolute Gasteiger partial charge is 0.330 e. The third-order valence-electron chi connectivity index (χ3n) is 1.92. The van der Waals surface area contributed by atoms with E-state index in [1.54, 1.807) is 0 Å². The normalized spacial score (nSPS) is 12.9. The minimum Gasteiger partial charge on any atom is -0.330 e. The Hall–Kier alpha value is -0.670. The molecule has 2 N–H and O–H groups in total. The van der Waals surface area contributed by atoms with Gasteiger partial charge in [0, 0.05) is 6.42 Å². The monoisotopic (exact) mass is 219 g/mol. The van der Waals surface area contributed by atoms with Crippen molar-refractivity contribution in [2.75, 3.05) is 6.54 Å². The number of nitrogens with two attached hydrogens (primary N) is 1. The highest BCUT2D eigenvalue weighted by molar-refractivity contribution is 6.30. The molecule has 4 heteroatoms. The molecule has 0 aliphatic carbocycles. The number of rotatable bonds is 4. The van der Waals surface area contributed by atoms with Gasteiger partial charge in [-0.25, -0.2) is 8.78 Å². The topological polar surface area (TPSA) is 26.0 Å². The van der Waals surface area contributed by atoms with E-state index >= 15 is 0 Å². The molecule has 1 unspecified atom stereocenters. The fourth-order valence-corrected chi connectivity index (χ4v) is 1.41. The van der Waals surface area contributed by atoms with Crippen molar-refractivity contribution >= 4 is 11.6 Å². The maximum atomic E-state index is 13.1. The van der Waals surface area contributed by atoms with Gasteiger partial charge in [0.2, 0.25) is 0 Å². The molecule has 78 valence electrons. The summed E-state index contributed by atoms with van der Waals surface area (Å²) >= 11 is 5.55. The molecule has 1 rings (SSSR count). The SMILES string of the molecule is NCCC(F)Cc1ccc(F)c(Cl)c1. The molecule has 1 aromatic rings. The van der Waals surface area contributed by atoms with Gasteiger partial charge in [-0.2, -0.15) is 0 Å². The van der Waals surface area contributed by atoms with Crippen molar-refractivity contribution < 1.29 is 8.78 Å². The van der Waals surface area contributed by atoms with E-state index in [1.807, 2.05) is 0 Å². The number of hydrogen-bond acceptors (Lipinski definition) is 1. The summed E-state index contributed by atoms with van der Waals surface area (Å²) in [5.74, 6) is -0.482. The quantitative estimate of drug-likeness (QED) is 0.828. The van der Waals surface area contributed by atoms with Gasteiger partial charge in [0.25, 0.3) is 0 Å². The fraction of sp³-hybridized carbons (Fsp3) is 0.400.